The van der Waals surface area contributed by atoms with Crippen LogP contribution in [0.1, 0.15) is 15.9 Å². The molecule has 0 spiro atoms. The average molecular weight is 368 g/mol. The number of pyridine rings is 2. The van der Waals surface area contributed by atoms with Gasteiger partial charge in [-0.15, -0.1) is 0 Å². The Morgan fingerprint density at radius 2 is 1.92 bits per heavy atom. The standard InChI is InChI=1S/C19H11ClFN3O2/c20-26-16-6-5-11(9-23-16)12-7-8-22-19-17(12)14(10-24-19)18(25)13-3-1-2-4-15(13)21/h1-10H,(H,22,24). The first kappa shape index (κ1) is 16.2. The third-order valence-corrected chi connectivity index (χ3v) is 4.22. The largest absolute Gasteiger partial charge is 0.365 e. The number of carbonyl (C=O) groups excluding carboxylic acids is 1. The van der Waals surface area contributed by atoms with Crippen LogP contribution in [0.25, 0.3) is 22.2 Å². The van der Waals surface area contributed by atoms with Crippen molar-refractivity contribution in [1.82, 2.24) is 15.0 Å². The number of nitrogens with one attached hydrogen (secondary N) is 1. The summed E-state index contributed by atoms with van der Waals surface area (Å²) < 4.78 is 18.6. The summed E-state index contributed by atoms with van der Waals surface area (Å²) in [5.41, 5.74) is 2.36. The fourth-order valence-corrected chi connectivity index (χ4v) is 2.94. The van der Waals surface area contributed by atoms with E-state index in [9.17, 15) is 9.18 Å². The number of aromatic nitrogens is 3. The molecule has 0 saturated carbocycles. The lowest BCUT2D eigenvalue weighted by Crippen LogP contribution is -2.03. The molecule has 5 nitrogen and oxygen atoms in total. The Labute approximate surface area is 152 Å². The molecule has 26 heavy (non-hydrogen) atoms. The van der Waals surface area contributed by atoms with Gasteiger partial charge < -0.3 is 9.27 Å². The van der Waals surface area contributed by atoms with Crippen molar-refractivity contribution in [3.05, 3.63) is 78.0 Å². The van der Waals surface area contributed by atoms with E-state index >= 15 is 0 Å². The van der Waals surface area contributed by atoms with Crippen LogP contribution in [-0.4, -0.2) is 20.7 Å². The summed E-state index contributed by atoms with van der Waals surface area (Å²) in [6, 6.07) is 11.0. The van der Waals surface area contributed by atoms with E-state index in [1.165, 1.54) is 12.1 Å². The van der Waals surface area contributed by atoms with Gasteiger partial charge in [0.05, 0.1) is 11.1 Å². The number of fused-ring (bicyclic) bond motifs is 1. The first-order valence-electron chi connectivity index (χ1n) is 7.69. The number of hydrogen-bond acceptors (Lipinski definition) is 4. The molecule has 0 fully saturated rings. The van der Waals surface area contributed by atoms with Crippen molar-refractivity contribution in [1.29, 1.82) is 0 Å². The number of carbonyl (C=O) groups is 1. The Hall–Kier alpha value is -3.25. The number of H-pyrrole nitrogens is 1. The highest BCUT2D eigenvalue weighted by Crippen LogP contribution is 2.31. The van der Waals surface area contributed by atoms with Gasteiger partial charge in [-0.05, 0) is 29.8 Å². The van der Waals surface area contributed by atoms with E-state index in [2.05, 4.69) is 19.2 Å². The molecule has 0 saturated heterocycles. The van der Waals surface area contributed by atoms with Crippen LogP contribution < -0.4 is 4.29 Å². The van der Waals surface area contributed by atoms with E-state index in [4.69, 9.17) is 11.9 Å². The van der Waals surface area contributed by atoms with E-state index in [0.717, 1.165) is 11.1 Å². The fraction of sp³-hybridized carbons (Fsp3) is 0. The molecule has 0 aliphatic carbocycles. The summed E-state index contributed by atoms with van der Waals surface area (Å²) in [6.45, 7) is 0. The van der Waals surface area contributed by atoms with Crippen LogP contribution in [0.3, 0.4) is 0 Å². The van der Waals surface area contributed by atoms with Crippen molar-refractivity contribution >= 4 is 28.7 Å². The van der Waals surface area contributed by atoms with Gasteiger partial charge in [-0.3, -0.25) is 4.79 Å². The van der Waals surface area contributed by atoms with E-state index in [1.807, 2.05) is 0 Å². The highest BCUT2D eigenvalue weighted by molar-refractivity contribution is 6.18. The molecular weight excluding hydrogens is 357 g/mol. The molecule has 0 radical (unpaired) electrons. The van der Waals surface area contributed by atoms with E-state index in [0.29, 0.717) is 16.6 Å². The number of benzene rings is 1. The summed E-state index contributed by atoms with van der Waals surface area (Å²) >= 11 is 5.29. The highest BCUT2D eigenvalue weighted by atomic mass is 35.5. The molecule has 3 aromatic heterocycles. The number of halogens is 2. The number of nitrogens with zero attached hydrogens (tertiary/aromatic N) is 2. The predicted molar refractivity (Wildman–Crippen MR) is 95.6 cm³/mol. The smallest absolute Gasteiger partial charge is 0.236 e. The molecule has 0 bridgehead atoms. The van der Waals surface area contributed by atoms with Crippen LogP contribution in [0.2, 0.25) is 0 Å². The summed E-state index contributed by atoms with van der Waals surface area (Å²) in [5, 5.41) is 0.599. The van der Waals surface area contributed by atoms with Crippen LogP contribution in [0.15, 0.2) is 61.1 Å². The zero-order valence-corrected chi connectivity index (χ0v) is 14.0. The van der Waals surface area contributed by atoms with Crippen LogP contribution in [-0.2, 0) is 0 Å². The lowest BCUT2D eigenvalue weighted by atomic mass is 9.98. The van der Waals surface area contributed by atoms with Gasteiger partial charge in [0, 0.05) is 35.6 Å². The van der Waals surface area contributed by atoms with Crippen molar-refractivity contribution in [2.75, 3.05) is 0 Å². The molecule has 1 N–H and O–H groups in total. The van der Waals surface area contributed by atoms with Crippen LogP contribution in [0.4, 0.5) is 4.39 Å². The lowest BCUT2D eigenvalue weighted by molar-refractivity contribution is 0.103. The fourth-order valence-electron chi connectivity index (χ4n) is 2.85. The topological polar surface area (TPSA) is 67.9 Å². The van der Waals surface area contributed by atoms with Gasteiger partial charge in [0.2, 0.25) is 5.88 Å². The lowest BCUT2D eigenvalue weighted by Gasteiger charge is -2.06. The molecule has 3 heterocycles. The molecule has 4 aromatic rings. The number of hydrogen-bond donors (Lipinski definition) is 1. The number of ketones is 1. The SMILES string of the molecule is O=C(c1ccccc1F)c1c[nH]c2nccc(-c3ccc(OCl)nc3)c12. The minimum atomic E-state index is -0.567. The van der Waals surface area contributed by atoms with E-state index in [-0.39, 0.29) is 11.4 Å². The molecule has 0 amide bonds. The molecule has 4 rings (SSSR count). The second kappa shape index (κ2) is 6.57. The summed E-state index contributed by atoms with van der Waals surface area (Å²) in [4.78, 5) is 24.2. The summed E-state index contributed by atoms with van der Waals surface area (Å²) in [5.74, 6) is -0.725. The normalized spacial score (nSPS) is 10.8. The van der Waals surface area contributed by atoms with Crippen LogP contribution in [0.5, 0.6) is 5.88 Å². The van der Waals surface area contributed by atoms with Crippen molar-refractivity contribution in [3.63, 3.8) is 0 Å². The molecule has 0 aliphatic rings. The minimum Gasteiger partial charge on any atom is -0.365 e. The van der Waals surface area contributed by atoms with Gasteiger partial charge >= 0.3 is 0 Å². The Kier molecular flexibility index (Phi) is 4.10. The van der Waals surface area contributed by atoms with Crippen molar-refractivity contribution in [3.8, 4) is 17.0 Å². The zero-order chi connectivity index (χ0) is 18.1. The van der Waals surface area contributed by atoms with Crippen molar-refractivity contribution < 1.29 is 13.5 Å². The molecule has 1 aromatic carbocycles. The third-order valence-electron chi connectivity index (χ3n) is 4.06. The van der Waals surface area contributed by atoms with Gasteiger partial charge in [0.25, 0.3) is 0 Å². The molecule has 0 unspecified atom stereocenters. The van der Waals surface area contributed by atoms with Gasteiger partial charge in [-0.1, -0.05) is 12.1 Å². The maximum absolute atomic E-state index is 14.1. The number of aromatic amines is 1. The summed E-state index contributed by atoms with van der Waals surface area (Å²) in [7, 11) is 0. The van der Waals surface area contributed by atoms with Crippen molar-refractivity contribution in [2.24, 2.45) is 0 Å². The predicted octanol–water partition coefficient (Wildman–Crippen LogP) is 4.53. The second-order valence-corrected chi connectivity index (χ2v) is 5.71. The van der Waals surface area contributed by atoms with E-state index < -0.39 is 11.6 Å². The minimum absolute atomic E-state index is 0.00668. The second-order valence-electron chi connectivity index (χ2n) is 5.56. The maximum Gasteiger partial charge on any atom is 0.236 e. The average Bonchev–Trinajstić information content (AvgIpc) is 3.12. The van der Waals surface area contributed by atoms with Gasteiger partial charge in [-0.25, -0.2) is 14.4 Å². The molecule has 0 aliphatic heterocycles. The number of rotatable bonds is 4. The highest BCUT2D eigenvalue weighted by Gasteiger charge is 2.20. The quantitative estimate of drug-likeness (QED) is 0.538. The zero-order valence-electron chi connectivity index (χ0n) is 13.2. The first-order valence-corrected chi connectivity index (χ1v) is 8.00. The van der Waals surface area contributed by atoms with Crippen molar-refractivity contribution in [2.45, 2.75) is 0 Å². The third kappa shape index (κ3) is 2.70. The van der Waals surface area contributed by atoms with Crippen LogP contribution >= 0.6 is 11.9 Å². The molecule has 7 heteroatoms. The maximum atomic E-state index is 14.1. The van der Waals surface area contributed by atoms with Gasteiger partial charge in [0.1, 0.15) is 23.3 Å². The van der Waals surface area contributed by atoms with Gasteiger partial charge in [-0.2, -0.15) is 0 Å². The molecular formula is C19H11ClFN3O2. The van der Waals surface area contributed by atoms with Gasteiger partial charge in [0.15, 0.2) is 5.78 Å². The Bertz CT molecular complexity index is 1110. The Morgan fingerprint density at radius 1 is 1.08 bits per heavy atom. The first-order chi connectivity index (χ1) is 12.7. The Balaban J connectivity index is 1.89. The van der Waals surface area contributed by atoms with Crippen LogP contribution in [0, 0.1) is 5.82 Å². The summed E-state index contributed by atoms with van der Waals surface area (Å²) in [6.07, 6.45) is 4.74. The molecule has 128 valence electrons. The molecule has 0 atom stereocenters. The Morgan fingerprint density at radius 3 is 2.65 bits per heavy atom. The van der Waals surface area contributed by atoms with E-state index in [1.54, 1.807) is 48.9 Å². The monoisotopic (exact) mass is 367 g/mol.